The molecule has 0 aliphatic carbocycles. The van der Waals surface area contributed by atoms with E-state index in [1.807, 2.05) is 0 Å². The van der Waals surface area contributed by atoms with Gasteiger partial charge in [0, 0.05) is 19.3 Å². The fraction of sp³-hybridized carbons (Fsp3) is 0.667. The van der Waals surface area contributed by atoms with E-state index in [0.717, 1.165) is 122 Å². The Morgan fingerprint density at radius 1 is 0.333 bits per heavy atom. The Kier molecular flexibility index (Phi) is 48.0. The van der Waals surface area contributed by atoms with E-state index in [9.17, 15) is 14.4 Å². The molecule has 0 aromatic rings. The zero-order chi connectivity index (χ0) is 45.8. The first-order chi connectivity index (χ1) is 31.0. The number of rotatable bonds is 45. The summed E-state index contributed by atoms with van der Waals surface area (Å²) in [6, 6.07) is 0. The van der Waals surface area contributed by atoms with Gasteiger partial charge in [0.1, 0.15) is 13.2 Å². The fourth-order valence-corrected chi connectivity index (χ4v) is 6.70. The zero-order valence-electron chi connectivity index (χ0n) is 40.8. The second-order valence-electron chi connectivity index (χ2n) is 16.7. The Morgan fingerprint density at radius 3 is 1.05 bits per heavy atom. The number of carbonyl (C=O) groups is 3. The third-order valence-corrected chi connectivity index (χ3v) is 10.6. The van der Waals surface area contributed by atoms with Crippen molar-refractivity contribution < 1.29 is 28.6 Å². The predicted octanol–water partition coefficient (Wildman–Crippen LogP) is 17.0. The molecule has 6 heteroatoms. The van der Waals surface area contributed by atoms with Crippen molar-refractivity contribution in [3.8, 4) is 0 Å². The summed E-state index contributed by atoms with van der Waals surface area (Å²) in [5, 5.41) is 0. The second kappa shape index (κ2) is 51.0. The Balaban J connectivity index is 4.45. The van der Waals surface area contributed by atoms with Crippen LogP contribution in [0.25, 0.3) is 0 Å². The minimum Gasteiger partial charge on any atom is -0.462 e. The highest BCUT2D eigenvalue weighted by molar-refractivity contribution is 5.71. The van der Waals surface area contributed by atoms with E-state index in [1.54, 1.807) is 0 Å². The smallest absolute Gasteiger partial charge is 0.306 e. The topological polar surface area (TPSA) is 78.9 Å². The van der Waals surface area contributed by atoms with E-state index in [1.165, 1.54) is 64.2 Å². The van der Waals surface area contributed by atoms with Crippen LogP contribution < -0.4 is 0 Å². The first-order valence-electron chi connectivity index (χ1n) is 25.7. The minimum atomic E-state index is -0.801. The lowest BCUT2D eigenvalue weighted by Crippen LogP contribution is -2.30. The first-order valence-corrected chi connectivity index (χ1v) is 25.7. The standard InChI is InChI=1S/C57H94O6/c1-4-7-10-13-16-19-22-24-26-27-28-29-30-31-32-34-35-38-41-44-47-50-56(59)62-53-54(52-61-55(58)49-46-43-40-37-21-18-15-12-9-6-3)63-57(60)51-48-45-42-39-36-33-25-23-20-17-14-11-8-5-2/h7,10,14,16-17,19,23-26,28-29,31-32,35,38,54H,4-6,8-9,11-13,15,18,20-22,27,30,33-34,36-37,39-53H2,1-3H3/b10-7-,17-14-,19-16-,25-23-,26-24-,29-28-,32-31-,38-35-. The lowest BCUT2D eigenvalue weighted by atomic mass is 10.1. The highest BCUT2D eigenvalue weighted by Gasteiger charge is 2.19. The molecule has 1 unspecified atom stereocenters. The van der Waals surface area contributed by atoms with Gasteiger partial charge in [0.15, 0.2) is 6.10 Å². The molecular formula is C57H94O6. The van der Waals surface area contributed by atoms with Gasteiger partial charge in [0.25, 0.3) is 0 Å². The van der Waals surface area contributed by atoms with Crippen molar-refractivity contribution in [2.45, 2.75) is 232 Å². The lowest BCUT2D eigenvalue weighted by molar-refractivity contribution is -0.167. The van der Waals surface area contributed by atoms with Gasteiger partial charge in [-0.3, -0.25) is 14.4 Å². The van der Waals surface area contributed by atoms with Crippen molar-refractivity contribution in [2.75, 3.05) is 13.2 Å². The van der Waals surface area contributed by atoms with Gasteiger partial charge in [-0.05, 0) is 96.3 Å². The summed E-state index contributed by atoms with van der Waals surface area (Å²) >= 11 is 0. The molecule has 0 bridgehead atoms. The molecule has 0 aromatic heterocycles. The molecule has 1 atom stereocenters. The number of hydrogen-bond donors (Lipinski definition) is 0. The number of hydrogen-bond acceptors (Lipinski definition) is 6. The summed E-state index contributed by atoms with van der Waals surface area (Å²) in [6.07, 6.45) is 66.8. The summed E-state index contributed by atoms with van der Waals surface area (Å²) in [5.74, 6) is -0.962. The molecule has 0 heterocycles. The predicted molar refractivity (Wildman–Crippen MR) is 270 cm³/mol. The van der Waals surface area contributed by atoms with Crippen molar-refractivity contribution >= 4 is 17.9 Å². The first kappa shape index (κ1) is 59.3. The van der Waals surface area contributed by atoms with Crippen molar-refractivity contribution in [3.05, 3.63) is 97.2 Å². The summed E-state index contributed by atoms with van der Waals surface area (Å²) < 4.78 is 16.7. The van der Waals surface area contributed by atoms with Crippen LogP contribution in [-0.4, -0.2) is 37.2 Å². The molecule has 0 radical (unpaired) electrons. The molecule has 0 saturated heterocycles. The zero-order valence-corrected chi connectivity index (χ0v) is 40.8. The van der Waals surface area contributed by atoms with Gasteiger partial charge in [-0.25, -0.2) is 0 Å². The summed E-state index contributed by atoms with van der Waals surface area (Å²) in [7, 11) is 0. The van der Waals surface area contributed by atoms with Crippen LogP contribution >= 0.6 is 0 Å². The van der Waals surface area contributed by atoms with Gasteiger partial charge in [0.2, 0.25) is 0 Å². The maximum Gasteiger partial charge on any atom is 0.306 e. The largest absolute Gasteiger partial charge is 0.462 e. The molecule has 0 saturated carbocycles. The highest BCUT2D eigenvalue weighted by Crippen LogP contribution is 2.13. The summed E-state index contributed by atoms with van der Waals surface area (Å²) in [6.45, 7) is 6.41. The Labute approximate surface area is 387 Å². The van der Waals surface area contributed by atoms with Gasteiger partial charge < -0.3 is 14.2 Å². The summed E-state index contributed by atoms with van der Waals surface area (Å²) in [5.41, 5.74) is 0. The van der Waals surface area contributed by atoms with Crippen LogP contribution in [0.3, 0.4) is 0 Å². The average molecular weight is 875 g/mol. The maximum absolute atomic E-state index is 12.8. The maximum atomic E-state index is 12.8. The van der Waals surface area contributed by atoms with Gasteiger partial charge in [-0.2, -0.15) is 0 Å². The van der Waals surface area contributed by atoms with Gasteiger partial charge in [0.05, 0.1) is 0 Å². The second-order valence-corrected chi connectivity index (χ2v) is 16.7. The number of ether oxygens (including phenoxy) is 3. The van der Waals surface area contributed by atoms with Crippen LogP contribution in [-0.2, 0) is 28.6 Å². The number of unbranched alkanes of at least 4 members (excludes halogenated alkanes) is 18. The van der Waals surface area contributed by atoms with Crippen molar-refractivity contribution in [2.24, 2.45) is 0 Å². The third-order valence-electron chi connectivity index (χ3n) is 10.6. The van der Waals surface area contributed by atoms with Gasteiger partial charge in [-0.15, -0.1) is 0 Å². The van der Waals surface area contributed by atoms with E-state index in [-0.39, 0.29) is 31.1 Å². The molecule has 0 amide bonds. The third kappa shape index (κ3) is 49.2. The SMILES string of the molecule is CC/C=C\C/C=C\C/C=C\C/C=C\C/C=C\C/C=C\CCCCC(=O)OCC(COC(=O)CCCCCCCCCCCC)OC(=O)CCCCCCC/C=C\C/C=C\CCCC. The van der Waals surface area contributed by atoms with Gasteiger partial charge in [-0.1, -0.05) is 208 Å². The molecule has 0 rings (SSSR count). The molecule has 358 valence electrons. The molecule has 0 aliphatic rings. The van der Waals surface area contributed by atoms with Crippen LogP contribution in [0.1, 0.15) is 226 Å². The summed E-state index contributed by atoms with van der Waals surface area (Å²) in [4.78, 5) is 37.9. The quantitative estimate of drug-likeness (QED) is 0.0262. The van der Waals surface area contributed by atoms with Crippen LogP contribution in [0.2, 0.25) is 0 Å². The molecule has 0 N–H and O–H groups in total. The van der Waals surface area contributed by atoms with Crippen molar-refractivity contribution in [3.63, 3.8) is 0 Å². The lowest BCUT2D eigenvalue weighted by Gasteiger charge is -2.18. The molecule has 0 aromatic carbocycles. The van der Waals surface area contributed by atoms with E-state index in [0.29, 0.717) is 19.3 Å². The van der Waals surface area contributed by atoms with Crippen LogP contribution in [0.15, 0.2) is 97.2 Å². The van der Waals surface area contributed by atoms with E-state index in [2.05, 4.69) is 118 Å². The Hall–Kier alpha value is -3.67. The van der Waals surface area contributed by atoms with E-state index >= 15 is 0 Å². The monoisotopic (exact) mass is 875 g/mol. The Morgan fingerprint density at radius 2 is 0.635 bits per heavy atom. The minimum absolute atomic E-state index is 0.0969. The van der Waals surface area contributed by atoms with E-state index < -0.39 is 6.10 Å². The molecule has 0 spiro atoms. The molecule has 63 heavy (non-hydrogen) atoms. The van der Waals surface area contributed by atoms with Crippen LogP contribution in [0.4, 0.5) is 0 Å². The van der Waals surface area contributed by atoms with E-state index in [4.69, 9.17) is 14.2 Å². The van der Waals surface area contributed by atoms with Crippen LogP contribution in [0, 0.1) is 0 Å². The van der Waals surface area contributed by atoms with Gasteiger partial charge >= 0.3 is 17.9 Å². The molecule has 0 fully saturated rings. The number of esters is 3. The highest BCUT2D eigenvalue weighted by atomic mass is 16.6. The van der Waals surface area contributed by atoms with Crippen LogP contribution in [0.5, 0.6) is 0 Å². The number of carbonyl (C=O) groups excluding carboxylic acids is 3. The van der Waals surface area contributed by atoms with Crippen molar-refractivity contribution in [1.82, 2.24) is 0 Å². The number of allylic oxidation sites excluding steroid dienone is 16. The van der Waals surface area contributed by atoms with Crippen molar-refractivity contribution in [1.29, 1.82) is 0 Å². The Bertz CT molecular complexity index is 1280. The fourth-order valence-electron chi connectivity index (χ4n) is 6.70. The normalized spacial score (nSPS) is 12.9. The average Bonchev–Trinajstić information content (AvgIpc) is 3.28. The molecule has 0 aliphatic heterocycles. The molecular weight excluding hydrogens is 781 g/mol. The molecule has 6 nitrogen and oxygen atoms in total.